The maximum absolute atomic E-state index is 10.3. The van der Waals surface area contributed by atoms with Crippen LogP contribution in [-0.4, -0.2) is 5.11 Å². The van der Waals surface area contributed by atoms with Crippen LogP contribution in [0.3, 0.4) is 0 Å². The maximum Gasteiger partial charge on any atom is 0.134 e. The summed E-state index contributed by atoms with van der Waals surface area (Å²) in [6.07, 6.45) is -0.325. The van der Waals surface area contributed by atoms with Crippen molar-refractivity contribution in [1.82, 2.24) is 0 Å². The molecular formula is C16H12Cl2O2. The van der Waals surface area contributed by atoms with Crippen LogP contribution >= 0.6 is 23.2 Å². The molecule has 0 aliphatic heterocycles. The minimum atomic E-state index is -0.735. The van der Waals surface area contributed by atoms with Crippen molar-refractivity contribution in [2.75, 3.05) is 0 Å². The number of rotatable bonds is 3. The molecule has 3 rings (SSSR count). The number of hydrogen-bond acceptors (Lipinski definition) is 2. The predicted octanol–water partition coefficient (Wildman–Crippen LogP) is 5.02. The molecule has 0 aliphatic carbocycles. The molecule has 1 heterocycles. The van der Waals surface area contributed by atoms with Crippen LogP contribution in [0.2, 0.25) is 10.0 Å². The molecule has 102 valence electrons. The van der Waals surface area contributed by atoms with Gasteiger partial charge in [0.1, 0.15) is 17.4 Å². The first-order valence-corrected chi connectivity index (χ1v) is 6.99. The predicted molar refractivity (Wildman–Crippen MR) is 81.3 cm³/mol. The van der Waals surface area contributed by atoms with Gasteiger partial charge in [0, 0.05) is 21.9 Å². The molecule has 2 aromatic carbocycles. The Bertz CT molecular complexity index is 749. The van der Waals surface area contributed by atoms with Gasteiger partial charge in [-0.3, -0.25) is 0 Å². The summed E-state index contributed by atoms with van der Waals surface area (Å²) in [4.78, 5) is 0. The molecule has 2 nitrogen and oxygen atoms in total. The molecule has 1 aromatic heterocycles. The Morgan fingerprint density at radius 2 is 1.85 bits per heavy atom. The highest BCUT2D eigenvalue weighted by molar-refractivity contribution is 6.31. The van der Waals surface area contributed by atoms with Crippen molar-refractivity contribution in [3.63, 3.8) is 0 Å². The number of benzene rings is 2. The van der Waals surface area contributed by atoms with Crippen LogP contribution in [0.15, 0.2) is 52.9 Å². The fraction of sp³-hybridized carbons (Fsp3) is 0.125. The lowest BCUT2D eigenvalue weighted by Gasteiger charge is -2.08. The number of aliphatic hydroxyl groups is 1. The lowest BCUT2D eigenvalue weighted by Crippen LogP contribution is -2.00. The number of halogens is 2. The summed E-state index contributed by atoms with van der Waals surface area (Å²) in [7, 11) is 0. The number of hydrogen-bond donors (Lipinski definition) is 1. The summed E-state index contributed by atoms with van der Waals surface area (Å²) < 4.78 is 5.65. The van der Waals surface area contributed by atoms with Crippen molar-refractivity contribution in [2.45, 2.75) is 12.5 Å². The molecule has 0 spiro atoms. The molecule has 20 heavy (non-hydrogen) atoms. The molecule has 0 bridgehead atoms. The molecular weight excluding hydrogens is 295 g/mol. The third-order valence-electron chi connectivity index (χ3n) is 3.20. The molecule has 0 saturated carbocycles. The molecule has 1 N–H and O–H groups in total. The Kier molecular flexibility index (Phi) is 3.70. The number of furan rings is 1. The molecule has 0 amide bonds. The largest absolute Gasteiger partial charge is 0.458 e. The quantitative estimate of drug-likeness (QED) is 0.737. The topological polar surface area (TPSA) is 33.4 Å². The first kappa shape index (κ1) is 13.5. The number of fused-ring (bicyclic) bond motifs is 1. The highest BCUT2D eigenvalue weighted by Crippen LogP contribution is 2.29. The summed E-state index contributed by atoms with van der Waals surface area (Å²) in [6.45, 7) is 0. The second kappa shape index (κ2) is 5.49. The first-order chi connectivity index (χ1) is 9.63. The van der Waals surface area contributed by atoms with Gasteiger partial charge < -0.3 is 9.52 Å². The molecule has 1 atom stereocenters. The van der Waals surface area contributed by atoms with Crippen LogP contribution in [0.4, 0.5) is 0 Å². The molecule has 0 fully saturated rings. The zero-order chi connectivity index (χ0) is 14.1. The zero-order valence-corrected chi connectivity index (χ0v) is 12.0. The van der Waals surface area contributed by atoms with Gasteiger partial charge >= 0.3 is 0 Å². The molecule has 1 unspecified atom stereocenters. The molecule has 4 heteroatoms. The van der Waals surface area contributed by atoms with Crippen LogP contribution in [0.1, 0.15) is 17.4 Å². The summed E-state index contributed by atoms with van der Waals surface area (Å²) >= 11 is 12.0. The summed E-state index contributed by atoms with van der Waals surface area (Å²) in [5.41, 5.74) is 1.60. The highest BCUT2D eigenvalue weighted by atomic mass is 35.5. The molecule has 3 aromatic rings. The van der Waals surface area contributed by atoms with Crippen LogP contribution in [0.5, 0.6) is 0 Å². The van der Waals surface area contributed by atoms with Gasteiger partial charge in [0.25, 0.3) is 0 Å². The van der Waals surface area contributed by atoms with Crippen LogP contribution in [0, 0.1) is 0 Å². The summed E-state index contributed by atoms with van der Waals surface area (Å²) in [5.74, 6) is 0.516. The summed E-state index contributed by atoms with van der Waals surface area (Å²) in [6, 6.07) is 14.6. The van der Waals surface area contributed by atoms with Gasteiger partial charge in [0.15, 0.2) is 0 Å². The molecule has 0 radical (unpaired) electrons. The third kappa shape index (κ3) is 2.68. The fourth-order valence-corrected chi connectivity index (χ4v) is 2.57. The van der Waals surface area contributed by atoms with E-state index in [0.717, 1.165) is 10.9 Å². The fourth-order valence-electron chi connectivity index (χ4n) is 2.17. The van der Waals surface area contributed by atoms with E-state index < -0.39 is 6.10 Å². The lowest BCUT2D eigenvalue weighted by molar-refractivity contribution is 0.152. The van der Waals surface area contributed by atoms with Gasteiger partial charge in [-0.2, -0.15) is 0 Å². The summed E-state index contributed by atoms with van der Waals surface area (Å²) in [5, 5.41) is 12.5. The van der Waals surface area contributed by atoms with Crippen LogP contribution in [-0.2, 0) is 6.42 Å². The van der Waals surface area contributed by atoms with Gasteiger partial charge in [0.05, 0.1) is 0 Å². The second-order valence-corrected chi connectivity index (χ2v) is 5.49. The van der Waals surface area contributed by atoms with Gasteiger partial charge in [-0.15, -0.1) is 0 Å². The minimum Gasteiger partial charge on any atom is -0.458 e. The normalized spacial score (nSPS) is 12.8. The van der Waals surface area contributed by atoms with Gasteiger partial charge in [0.2, 0.25) is 0 Å². The minimum absolute atomic E-state index is 0.410. The van der Waals surface area contributed by atoms with Crippen molar-refractivity contribution in [3.8, 4) is 0 Å². The van der Waals surface area contributed by atoms with E-state index in [9.17, 15) is 5.11 Å². The van der Waals surface area contributed by atoms with Crippen LogP contribution in [0.25, 0.3) is 11.0 Å². The van der Waals surface area contributed by atoms with Crippen molar-refractivity contribution in [1.29, 1.82) is 0 Å². The SMILES string of the molecule is OC(Cc1ccccc1Cl)c1cc2cc(Cl)ccc2o1. The highest BCUT2D eigenvalue weighted by Gasteiger charge is 2.15. The van der Waals surface area contributed by atoms with Crippen LogP contribution < -0.4 is 0 Å². The average molecular weight is 307 g/mol. The Morgan fingerprint density at radius 1 is 1.05 bits per heavy atom. The Balaban J connectivity index is 1.89. The van der Waals surface area contributed by atoms with E-state index in [2.05, 4.69) is 0 Å². The van der Waals surface area contributed by atoms with E-state index in [4.69, 9.17) is 27.6 Å². The Morgan fingerprint density at radius 3 is 2.65 bits per heavy atom. The van der Waals surface area contributed by atoms with E-state index in [1.54, 1.807) is 12.1 Å². The Labute approximate surface area is 126 Å². The Hall–Kier alpha value is -1.48. The van der Waals surface area contributed by atoms with Crippen molar-refractivity contribution in [2.24, 2.45) is 0 Å². The second-order valence-electron chi connectivity index (χ2n) is 4.64. The first-order valence-electron chi connectivity index (χ1n) is 6.24. The van der Waals surface area contributed by atoms with Crippen molar-refractivity contribution in [3.05, 3.63) is 69.9 Å². The smallest absolute Gasteiger partial charge is 0.134 e. The van der Waals surface area contributed by atoms with E-state index in [-0.39, 0.29) is 0 Å². The molecule has 0 saturated heterocycles. The van der Waals surface area contributed by atoms with Gasteiger partial charge in [-0.25, -0.2) is 0 Å². The zero-order valence-electron chi connectivity index (χ0n) is 10.5. The van der Waals surface area contributed by atoms with Gasteiger partial charge in [-0.05, 0) is 35.9 Å². The standard InChI is InChI=1S/C16H12Cl2O2/c17-12-5-6-15-11(7-12)9-16(20-15)14(19)8-10-3-1-2-4-13(10)18/h1-7,9,14,19H,8H2. The van der Waals surface area contributed by atoms with Crippen molar-refractivity contribution >= 4 is 34.2 Å². The monoisotopic (exact) mass is 306 g/mol. The third-order valence-corrected chi connectivity index (χ3v) is 3.80. The van der Waals surface area contributed by atoms with E-state index in [1.165, 1.54) is 0 Å². The van der Waals surface area contributed by atoms with E-state index >= 15 is 0 Å². The number of aliphatic hydroxyl groups excluding tert-OH is 1. The van der Waals surface area contributed by atoms with Crippen molar-refractivity contribution < 1.29 is 9.52 Å². The van der Waals surface area contributed by atoms with E-state index in [0.29, 0.717) is 27.8 Å². The lowest BCUT2D eigenvalue weighted by atomic mass is 10.1. The maximum atomic E-state index is 10.3. The van der Waals surface area contributed by atoms with E-state index in [1.807, 2.05) is 36.4 Å². The molecule has 0 aliphatic rings. The van der Waals surface area contributed by atoms with Gasteiger partial charge in [-0.1, -0.05) is 41.4 Å². The average Bonchev–Trinajstić information content (AvgIpc) is 2.84.